The third-order valence-electron chi connectivity index (χ3n) is 2.37. The Hall–Kier alpha value is -0.320. The van der Waals surface area contributed by atoms with Crippen LogP contribution in [0.25, 0.3) is 0 Å². The smallest absolute Gasteiger partial charge is 0.0755 e. The highest BCUT2D eigenvalue weighted by Gasteiger charge is 2.20. The van der Waals surface area contributed by atoms with Crippen molar-refractivity contribution in [2.45, 2.75) is 26.0 Å². The first-order valence-corrected chi connectivity index (χ1v) is 5.88. The molecule has 0 aliphatic heterocycles. The van der Waals surface area contributed by atoms with Gasteiger partial charge in [-0.1, -0.05) is 23.2 Å². The maximum absolute atomic E-state index is 6.10. The molecule has 0 aliphatic carbocycles. The first-order chi connectivity index (χ1) is 7.60. The molecule has 2 atom stereocenters. The van der Waals surface area contributed by atoms with E-state index in [0.29, 0.717) is 16.7 Å². The third kappa shape index (κ3) is 3.34. The number of nitrogens with two attached hydrogens (primary N) is 1. The van der Waals surface area contributed by atoms with E-state index in [1.54, 1.807) is 18.2 Å². The van der Waals surface area contributed by atoms with Crippen LogP contribution in [0.3, 0.4) is 0 Å². The minimum absolute atomic E-state index is 0.0778. The number of nitrogens with one attached hydrogen (secondary N) is 1. The van der Waals surface area contributed by atoms with E-state index in [1.807, 2.05) is 13.8 Å². The Morgan fingerprint density at radius 3 is 2.69 bits per heavy atom. The maximum Gasteiger partial charge on any atom is 0.0755 e. The number of rotatable bonds is 5. The molecule has 0 aromatic heterocycles. The second-order valence-electron chi connectivity index (χ2n) is 3.47. The van der Waals surface area contributed by atoms with Gasteiger partial charge in [-0.05, 0) is 37.6 Å². The molecule has 3 nitrogen and oxygen atoms in total. The zero-order valence-electron chi connectivity index (χ0n) is 9.34. The van der Waals surface area contributed by atoms with Gasteiger partial charge in [0.2, 0.25) is 0 Å². The first-order valence-electron chi connectivity index (χ1n) is 5.12. The summed E-state index contributed by atoms with van der Waals surface area (Å²) in [7, 11) is 0. The monoisotopic (exact) mass is 262 g/mol. The lowest BCUT2D eigenvalue weighted by Crippen LogP contribution is -2.36. The predicted molar refractivity (Wildman–Crippen MR) is 67.6 cm³/mol. The van der Waals surface area contributed by atoms with Gasteiger partial charge in [0.05, 0.1) is 12.1 Å². The Morgan fingerprint density at radius 1 is 1.44 bits per heavy atom. The topological polar surface area (TPSA) is 47.3 Å². The van der Waals surface area contributed by atoms with Gasteiger partial charge in [-0.25, -0.2) is 0 Å². The summed E-state index contributed by atoms with van der Waals surface area (Å²) in [5.41, 5.74) is 3.55. The quantitative estimate of drug-likeness (QED) is 0.634. The Labute approximate surface area is 106 Å². The van der Waals surface area contributed by atoms with E-state index < -0.39 is 0 Å². The Morgan fingerprint density at radius 2 is 2.12 bits per heavy atom. The van der Waals surface area contributed by atoms with Gasteiger partial charge in [-0.15, -0.1) is 0 Å². The van der Waals surface area contributed by atoms with E-state index in [9.17, 15) is 0 Å². The minimum Gasteiger partial charge on any atom is -0.377 e. The molecule has 0 spiro atoms. The summed E-state index contributed by atoms with van der Waals surface area (Å²) < 4.78 is 5.50. The second-order valence-corrected chi connectivity index (χ2v) is 4.31. The van der Waals surface area contributed by atoms with Gasteiger partial charge in [-0.3, -0.25) is 11.3 Å². The van der Waals surface area contributed by atoms with Gasteiger partial charge in [0.1, 0.15) is 0 Å². The Bertz CT molecular complexity index is 347. The predicted octanol–water partition coefficient (Wildman–Crippen LogP) is 2.92. The molecule has 0 amide bonds. The molecule has 1 aromatic carbocycles. The van der Waals surface area contributed by atoms with Crippen molar-refractivity contribution in [3.8, 4) is 0 Å². The van der Waals surface area contributed by atoms with E-state index >= 15 is 0 Å². The van der Waals surface area contributed by atoms with Crippen LogP contribution in [0.1, 0.15) is 25.5 Å². The Kier molecular flexibility index (Phi) is 5.52. The fourth-order valence-corrected chi connectivity index (χ4v) is 2.01. The Balaban J connectivity index is 2.98. The van der Waals surface area contributed by atoms with Crippen molar-refractivity contribution in [1.29, 1.82) is 0 Å². The van der Waals surface area contributed by atoms with Crippen LogP contribution in [0.5, 0.6) is 0 Å². The zero-order valence-corrected chi connectivity index (χ0v) is 10.8. The van der Waals surface area contributed by atoms with Crippen molar-refractivity contribution in [2.24, 2.45) is 5.84 Å². The molecule has 0 saturated carbocycles. The van der Waals surface area contributed by atoms with Crippen LogP contribution in [-0.4, -0.2) is 12.7 Å². The van der Waals surface area contributed by atoms with Gasteiger partial charge < -0.3 is 4.74 Å². The van der Waals surface area contributed by atoms with Crippen LogP contribution in [0, 0.1) is 0 Å². The average Bonchev–Trinajstić information content (AvgIpc) is 2.24. The molecule has 1 aromatic rings. The van der Waals surface area contributed by atoms with Crippen molar-refractivity contribution in [1.82, 2.24) is 5.43 Å². The average molecular weight is 263 g/mol. The summed E-state index contributed by atoms with van der Waals surface area (Å²) in [6, 6.07) is 5.12. The highest BCUT2D eigenvalue weighted by molar-refractivity contribution is 6.33. The number of ether oxygens (including phenoxy) is 1. The summed E-state index contributed by atoms with van der Waals surface area (Å²) in [4.78, 5) is 0. The summed E-state index contributed by atoms with van der Waals surface area (Å²) in [6.07, 6.45) is -0.0778. The molecule has 0 heterocycles. The van der Waals surface area contributed by atoms with Gasteiger partial charge >= 0.3 is 0 Å². The molecule has 16 heavy (non-hydrogen) atoms. The zero-order chi connectivity index (χ0) is 12.1. The molecule has 0 radical (unpaired) electrons. The molecule has 5 heteroatoms. The number of halogens is 2. The largest absolute Gasteiger partial charge is 0.377 e. The normalized spacial score (nSPS) is 14.8. The molecule has 0 saturated heterocycles. The molecule has 2 unspecified atom stereocenters. The van der Waals surface area contributed by atoms with Crippen LogP contribution in [0.4, 0.5) is 0 Å². The molecular weight excluding hydrogens is 247 g/mol. The number of benzene rings is 1. The standard InChI is InChI=1S/C11H16Cl2N2O/c1-3-16-7(2)11(15-14)9-6-8(12)4-5-10(9)13/h4-7,11,15H,3,14H2,1-2H3. The van der Waals surface area contributed by atoms with Crippen molar-refractivity contribution in [3.05, 3.63) is 33.8 Å². The summed E-state index contributed by atoms with van der Waals surface area (Å²) in [6.45, 7) is 4.49. The molecule has 0 fully saturated rings. The fraction of sp³-hybridized carbons (Fsp3) is 0.455. The molecule has 0 aliphatic rings. The lowest BCUT2D eigenvalue weighted by molar-refractivity contribution is 0.0473. The first kappa shape index (κ1) is 13.7. The fourth-order valence-electron chi connectivity index (χ4n) is 1.59. The SMILES string of the molecule is CCOC(C)C(NN)c1cc(Cl)ccc1Cl. The van der Waals surface area contributed by atoms with Crippen LogP contribution in [0.2, 0.25) is 10.0 Å². The van der Waals surface area contributed by atoms with Crippen molar-refractivity contribution in [3.63, 3.8) is 0 Å². The van der Waals surface area contributed by atoms with Crippen LogP contribution in [-0.2, 0) is 4.74 Å². The van der Waals surface area contributed by atoms with E-state index in [1.165, 1.54) is 0 Å². The van der Waals surface area contributed by atoms with Gasteiger partial charge in [0.25, 0.3) is 0 Å². The van der Waals surface area contributed by atoms with E-state index in [0.717, 1.165) is 5.56 Å². The number of hydrogen-bond donors (Lipinski definition) is 2. The lowest BCUT2D eigenvalue weighted by Gasteiger charge is -2.24. The summed E-state index contributed by atoms with van der Waals surface area (Å²) >= 11 is 12.0. The number of hydrazine groups is 1. The molecule has 1 rings (SSSR count). The van der Waals surface area contributed by atoms with Gasteiger partial charge in [0, 0.05) is 16.7 Å². The van der Waals surface area contributed by atoms with E-state index in [4.69, 9.17) is 33.8 Å². The number of hydrogen-bond acceptors (Lipinski definition) is 3. The van der Waals surface area contributed by atoms with Crippen LogP contribution < -0.4 is 11.3 Å². The van der Waals surface area contributed by atoms with Crippen molar-refractivity contribution >= 4 is 23.2 Å². The summed E-state index contributed by atoms with van der Waals surface area (Å²) in [5.74, 6) is 5.52. The van der Waals surface area contributed by atoms with E-state index in [2.05, 4.69) is 5.43 Å². The van der Waals surface area contributed by atoms with Gasteiger partial charge in [-0.2, -0.15) is 0 Å². The second kappa shape index (κ2) is 6.42. The highest BCUT2D eigenvalue weighted by Crippen LogP contribution is 2.28. The van der Waals surface area contributed by atoms with Crippen LogP contribution in [0.15, 0.2) is 18.2 Å². The molecule has 0 bridgehead atoms. The third-order valence-corrected chi connectivity index (χ3v) is 2.95. The summed E-state index contributed by atoms with van der Waals surface area (Å²) in [5, 5.41) is 1.25. The van der Waals surface area contributed by atoms with Gasteiger partial charge in [0.15, 0.2) is 0 Å². The van der Waals surface area contributed by atoms with Crippen molar-refractivity contribution in [2.75, 3.05) is 6.61 Å². The van der Waals surface area contributed by atoms with Crippen molar-refractivity contribution < 1.29 is 4.74 Å². The molecule has 90 valence electrons. The maximum atomic E-state index is 6.10. The minimum atomic E-state index is -0.175. The van der Waals surface area contributed by atoms with Crippen LogP contribution >= 0.6 is 23.2 Å². The molecular formula is C11H16Cl2N2O. The lowest BCUT2D eigenvalue weighted by atomic mass is 10.0. The molecule has 3 N–H and O–H groups in total. The highest BCUT2D eigenvalue weighted by atomic mass is 35.5. The van der Waals surface area contributed by atoms with E-state index in [-0.39, 0.29) is 12.1 Å².